The van der Waals surface area contributed by atoms with E-state index in [1.807, 2.05) is 17.1 Å². The number of rotatable bonds is 6. The van der Waals surface area contributed by atoms with Gasteiger partial charge in [0.25, 0.3) is 0 Å². The Morgan fingerprint density at radius 2 is 1.67 bits per heavy atom. The molecule has 0 aromatic carbocycles. The van der Waals surface area contributed by atoms with E-state index in [0.29, 0.717) is 0 Å². The van der Waals surface area contributed by atoms with Crippen molar-refractivity contribution >= 4 is 0 Å². The van der Waals surface area contributed by atoms with Crippen LogP contribution in [-0.4, -0.2) is 51.4 Å². The van der Waals surface area contributed by atoms with Crippen LogP contribution in [-0.2, 0) is 18.6 Å². The summed E-state index contributed by atoms with van der Waals surface area (Å²) in [6.07, 6.45) is 4.78. The number of pyridine rings is 1. The Balaban J connectivity index is 1.54. The van der Waals surface area contributed by atoms with Crippen LogP contribution in [0.3, 0.4) is 0 Å². The van der Waals surface area contributed by atoms with E-state index in [1.54, 1.807) is 9.80 Å². The molecule has 1 aliphatic rings. The molecule has 1 saturated heterocycles. The van der Waals surface area contributed by atoms with Crippen LogP contribution in [0.15, 0.2) is 24.5 Å². The molecule has 0 saturated carbocycles. The van der Waals surface area contributed by atoms with E-state index < -0.39 is 0 Å². The van der Waals surface area contributed by atoms with Gasteiger partial charge in [-0.05, 0) is 42.8 Å². The van der Waals surface area contributed by atoms with Gasteiger partial charge in [-0.3, -0.25) is 4.98 Å². The Morgan fingerprint density at radius 1 is 1.04 bits per heavy atom. The molecule has 1 fully saturated rings. The Labute approximate surface area is 143 Å². The van der Waals surface area contributed by atoms with Crippen LogP contribution >= 0.6 is 0 Å². The van der Waals surface area contributed by atoms with Crippen LogP contribution in [0.25, 0.3) is 0 Å². The second-order valence-corrected chi connectivity index (χ2v) is 7.38. The highest BCUT2D eigenvalue weighted by Crippen LogP contribution is 2.18. The predicted octanol–water partition coefficient (Wildman–Crippen LogP) is -1.30. The predicted molar refractivity (Wildman–Crippen MR) is 90.5 cm³/mol. The maximum absolute atomic E-state index is 4.28. The third-order valence-electron chi connectivity index (χ3n) is 5.25. The normalized spacial score (nSPS) is 21.8. The number of piperazine rings is 1. The summed E-state index contributed by atoms with van der Waals surface area (Å²) in [5, 5.41) is 12.4. The molecule has 3 rings (SSSR count). The van der Waals surface area contributed by atoms with Crippen LogP contribution < -0.4 is 9.80 Å². The fourth-order valence-corrected chi connectivity index (χ4v) is 3.26. The quantitative estimate of drug-likeness (QED) is 0.690. The summed E-state index contributed by atoms with van der Waals surface area (Å²) in [7, 11) is 0. The van der Waals surface area contributed by atoms with Crippen molar-refractivity contribution < 1.29 is 9.80 Å². The molecule has 0 aliphatic carbocycles. The molecular weight excluding hydrogens is 302 g/mol. The van der Waals surface area contributed by atoms with Crippen LogP contribution in [0.1, 0.15) is 38.6 Å². The molecule has 0 atom stereocenters. The second kappa shape index (κ2) is 7.36. The van der Waals surface area contributed by atoms with E-state index in [-0.39, 0.29) is 5.54 Å². The average molecular weight is 331 g/mol. The molecule has 2 N–H and O–H groups in total. The third-order valence-corrected chi connectivity index (χ3v) is 5.25. The van der Waals surface area contributed by atoms with Gasteiger partial charge in [0, 0.05) is 18.0 Å². The summed E-state index contributed by atoms with van der Waals surface area (Å²) in [6.45, 7) is 13.3. The topological polar surface area (TPSA) is 65.4 Å². The van der Waals surface area contributed by atoms with Crippen molar-refractivity contribution in [1.82, 2.24) is 25.2 Å². The first-order valence-electron chi connectivity index (χ1n) is 8.92. The lowest BCUT2D eigenvalue weighted by molar-refractivity contribution is -1.02. The largest absolute Gasteiger partial charge is 0.322 e. The molecule has 0 amide bonds. The fourth-order valence-electron chi connectivity index (χ4n) is 3.26. The van der Waals surface area contributed by atoms with Gasteiger partial charge in [-0.1, -0.05) is 6.92 Å². The number of quaternary nitrogens is 2. The van der Waals surface area contributed by atoms with Crippen molar-refractivity contribution in [3.63, 3.8) is 0 Å². The molecule has 0 bridgehead atoms. The van der Waals surface area contributed by atoms with Gasteiger partial charge in [0.2, 0.25) is 5.82 Å². The number of aromatic nitrogens is 5. The Kier molecular flexibility index (Phi) is 5.20. The first-order chi connectivity index (χ1) is 11.6. The smallest absolute Gasteiger partial charge is 0.206 e. The fraction of sp³-hybridized carbons (Fsp3) is 0.647. The van der Waals surface area contributed by atoms with Gasteiger partial charge in [0.1, 0.15) is 39.3 Å². The lowest BCUT2D eigenvalue weighted by atomic mass is 10.0. The van der Waals surface area contributed by atoms with Crippen LogP contribution in [0.2, 0.25) is 0 Å². The van der Waals surface area contributed by atoms with E-state index in [4.69, 9.17) is 0 Å². The molecule has 3 heterocycles. The SMILES string of the molecule is CCC(C)(C)n1nnnc1C[NH+]1CC[NH+](Cc2ccncc2)CC1. The van der Waals surface area contributed by atoms with Gasteiger partial charge in [0.15, 0.2) is 0 Å². The first-order valence-corrected chi connectivity index (χ1v) is 8.92. The van der Waals surface area contributed by atoms with Crippen LogP contribution in [0, 0.1) is 0 Å². The molecular formula is C17H29N7+2. The zero-order chi connectivity index (χ0) is 17.0. The molecule has 7 nitrogen and oxygen atoms in total. The highest BCUT2D eigenvalue weighted by atomic mass is 15.6. The van der Waals surface area contributed by atoms with Gasteiger partial charge in [-0.2, -0.15) is 0 Å². The number of hydrogen-bond acceptors (Lipinski definition) is 4. The third kappa shape index (κ3) is 3.96. The minimum Gasteiger partial charge on any atom is -0.322 e. The zero-order valence-corrected chi connectivity index (χ0v) is 15.0. The molecule has 2 aromatic heterocycles. The van der Waals surface area contributed by atoms with Gasteiger partial charge in [-0.25, -0.2) is 4.68 Å². The Bertz CT molecular complexity index is 629. The number of hydrogen-bond donors (Lipinski definition) is 2. The molecule has 0 unspecified atom stereocenters. The van der Waals surface area contributed by atoms with Crippen molar-refractivity contribution in [2.45, 2.75) is 45.8 Å². The Hall–Kier alpha value is -1.86. The van der Waals surface area contributed by atoms with Crippen molar-refractivity contribution in [3.05, 3.63) is 35.9 Å². The van der Waals surface area contributed by atoms with E-state index in [9.17, 15) is 0 Å². The molecule has 0 spiro atoms. The summed E-state index contributed by atoms with van der Waals surface area (Å²) in [6, 6.07) is 4.24. The lowest BCUT2D eigenvalue weighted by Crippen LogP contribution is -3.27. The van der Waals surface area contributed by atoms with Gasteiger partial charge >= 0.3 is 0 Å². The number of nitrogens with one attached hydrogen (secondary N) is 2. The van der Waals surface area contributed by atoms with Crippen LogP contribution in [0.5, 0.6) is 0 Å². The highest BCUT2D eigenvalue weighted by molar-refractivity contribution is 5.07. The highest BCUT2D eigenvalue weighted by Gasteiger charge is 2.28. The molecule has 2 aromatic rings. The Morgan fingerprint density at radius 3 is 2.29 bits per heavy atom. The van der Waals surface area contributed by atoms with Crippen LogP contribution in [0.4, 0.5) is 0 Å². The number of tetrazole rings is 1. The summed E-state index contributed by atoms with van der Waals surface area (Å²) >= 11 is 0. The van der Waals surface area contributed by atoms with E-state index in [1.165, 1.54) is 31.7 Å². The summed E-state index contributed by atoms with van der Waals surface area (Å²) in [5.74, 6) is 1.01. The minimum atomic E-state index is -0.0211. The summed E-state index contributed by atoms with van der Waals surface area (Å²) < 4.78 is 2.01. The standard InChI is InChI=1S/C17H27N7/c1-4-17(2,3)24-16(19-20-21-24)14-23-11-9-22(10-12-23)13-15-5-7-18-8-6-15/h5-8H,4,9-14H2,1-3H3/p+2. The number of nitrogens with zero attached hydrogens (tertiary/aromatic N) is 5. The van der Waals surface area contributed by atoms with Crippen molar-refractivity contribution in [1.29, 1.82) is 0 Å². The van der Waals surface area contributed by atoms with Crippen molar-refractivity contribution in [2.75, 3.05) is 26.2 Å². The van der Waals surface area contributed by atoms with Gasteiger partial charge in [-0.15, -0.1) is 5.10 Å². The molecule has 130 valence electrons. The zero-order valence-electron chi connectivity index (χ0n) is 15.0. The molecule has 24 heavy (non-hydrogen) atoms. The summed E-state index contributed by atoms with van der Waals surface area (Å²) in [5.41, 5.74) is 1.35. The lowest BCUT2D eigenvalue weighted by Gasteiger charge is -2.30. The van der Waals surface area contributed by atoms with Crippen molar-refractivity contribution in [2.24, 2.45) is 0 Å². The molecule has 1 aliphatic heterocycles. The van der Waals surface area contributed by atoms with E-state index in [2.05, 4.69) is 53.4 Å². The molecule has 7 heteroatoms. The first kappa shape index (κ1) is 17.0. The van der Waals surface area contributed by atoms with Gasteiger partial charge < -0.3 is 9.80 Å². The maximum atomic E-state index is 4.28. The minimum absolute atomic E-state index is 0.0211. The van der Waals surface area contributed by atoms with Crippen molar-refractivity contribution in [3.8, 4) is 0 Å². The second-order valence-electron chi connectivity index (χ2n) is 7.38. The van der Waals surface area contributed by atoms with E-state index in [0.717, 1.165) is 25.3 Å². The summed E-state index contributed by atoms with van der Waals surface area (Å²) in [4.78, 5) is 7.32. The van der Waals surface area contributed by atoms with Gasteiger partial charge in [0.05, 0.1) is 5.54 Å². The van der Waals surface area contributed by atoms with E-state index >= 15 is 0 Å². The average Bonchev–Trinajstić information content (AvgIpc) is 3.07. The monoisotopic (exact) mass is 331 g/mol. The maximum Gasteiger partial charge on any atom is 0.206 e. The molecule has 0 radical (unpaired) electrons.